The van der Waals surface area contributed by atoms with Gasteiger partial charge < -0.3 is 60.0 Å². The monoisotopic (exact) mass is 687 g/mol. The van der Waals surface area contributed by atoms with E-state index in [-0.39, 0.29) is 18.2 Å². The first-order valence-electron chi connectivity index (χ1n) is 15.4. The fraction of sp³-hybridized carbons (Fsp3) is 0.606. The lowest BCUT2D eigenvalue weighted by molar-refractivity contribution is -0.383. The van der Waals surface area contributed by atoms with E-state index >= 15 is 0 Å². The number of carbonyl (C=O) groups excluding carboxylic acids is 1. The molecule has 2 aromatic rings. The van der Waals surface area contributed by atoms with Crippen molar-refractivity contribution in [2.45, 2.75) is 93.0 Å². The highest BCUT2D eigenvalue weighted by atomic mass is 35.5. The summed E-state index contributed by atoms with van der Waals surface area (Å²) in [5.74, 6) is -1.94. The van der Waals surface area contributed by atoms with Crippen LogP contribution in [0.25, 0.3) is 0 Å². The highest BCUT2D eigenvalue weighted by Crippen LogP contribution is 2.40. The van der Waals surface area contributed by atoms with Crippen molar-refractivity contribution in [1.29, 1.82) is 0 Å². The number of aliphatic hydroxyl groups is 8. The van der Waals surface area contributed by atoms with Crippen LogP contribution in [0.2, 0.25) is 0 Å². The molecule has 2 aliphatic heterocycles. The topological polar surface area (TPSA) is 210 Å². The number of hydrogen-bond donors (Lipinski definition) is 8. The number of nitrogens with zero attached hydrogens (tertiary/aromatic N) is 1. The molecule has 0 aromatic heterocycles. The molecule has 0 amide bonds. The van der Waals surface area contributed by atoms with Crippen molar-refractivity contribution in [2.24, 2.45) is 0 Å². The van der Waals surface area contributed by atoms with Gasteiger partial charge in [-0.05, 0) is 38.6 Å². The minimum absolute atomic E-state index is 0. The molecule has 2 aromatic carbocycles. The van der Waals surface area contributed by atoms with Gasteiger partial charge in [0.2, 0.25) is 5.79 Å². The van der Waals surface area contributed by atoms with Gasteiger partial charge in [0.1, 0.15) is 55.1 Å². The van der Waals surface area contributed by atoms with Crippen molar-refractivity contribution >= 4 is 18.2 Å². The fourth-order valence-corrected chi connectivity index (χ4v) is 5.84. The highest BCUT2D eigenvalue weighted by Gasteiger charge is 2.58. The van der Waals surface area contributed by atoms with Crippen molar-refractivity contribution in [1.82, 2.24) is 4.90 Å². The first-order valence-corrected chi connectivity index (χ1v) is 15.4. The molecule has 13 nitrogen and oxygen atoms in total. The Morgan fingerprint density at radius 2 is 1.36 bits per heavy atom. The summed E-state index contributed by atoms with van der Waals surface area (Å²) < 4.78 is 15.4. The third-order valence-corrected chi connectivity index (χ3v) is 8.88. The molecule has 47 heavy (non-hydrogen) atoms. The van der Waals surface area contributed by atoms with Gasteiger partial charge in [-0.25, -0.2) is 0 Å². The quantitative estimate of drug-likeness (QED) is 0.139. The predicted molar refractivity (Wildman–Crippen MR) is 173 cm³/mol. The summed E-state index contributed by atoms with van der Waals surface area (Å²) in [6, 6.07) is 20.7. The lowest BCUT2D eigenvalue weighted by Gasteiger charge is -2.43. The van der Waals surface area contributed by atoms with Gasteiger partial charge in [-0.3, -0.25) is 4.79 Å². The van der Waals surface area contributed by atoms with Crippen molar-refractivity contribution in [2.75, 3.05) is 33.9 Å². The lowest BCUT2D eigenvalue weighted by atomic mass is 9.67. The molecule has 0 radical (unpaired) electrons. The second kappa shape index (κ2) is 18.1. The summed E-state index contributed by atoms with van der Waals surface area (Å²) >= 11 is 0. The maximum absolute atomic E-state index is 13.2. The zero-order valence-corrected chi connectivity index (χ0v) is 27.9. The number of halogens is 1. The predicted octanol–water partition coefficient (Wildman–Crippen LogP) is -0.682. The Hall–Kier alpha value is -2.08. The van der Waals surface area contributed by atoms with Crippen LogP contribution in [0.1, 0.15) is 37.8 Å². The molecule has 266 valence electrons. The van der Waals surface area contributed by atoms with Crippen LogP contribution in [-0.4, -0.2) is 146 Å². The Kier molecular flexibility index (Phi) is 15.8. The first-order chi connectivity index (χ1) is 21.8. The van der Waals surface area contributed by atoms with Crippen LogP contribution in [0.4, 0.5) is 0 Å². The van der Waals surface area contributed by atoms with Crippen LogP contribution in [-0.2, 0) is 24.4 Å². The molecule has 0 saturated carbocycles. The van der Waals surface area contributed by atoms with Crippen molar-refractivity contribution in [3.8, 4) is 0 Å². The summed E-state index contributed by atoms with van der Waals surface area (Å²) in [4.78, 5) is 15.4. The molecular formula is C33H50ClNO12. The summed E-state index contributed by atoms with van der Waals surface area (Å²) in [6.07, 6.45) is -11.3. The molecule has 0 spiro atoms. The van der Waals surface area contributed by atoms with E-state index in [1.54, 1.807) is 0 Å². The third-order valence-electron chi connectivity index (χ3n) is 8.88. The average molecular weight is 688 g/mol. The van der Waals surface area contributed by atoms with E-state index in [1.807, 2.05) is 43.3 Å². The van der Waals surface area contributed by atoms with E-state index < -0.39 is 80.0 Å². The number of ketones is 1. The molecule has 8 N–H and O–H groups in total. The molecule has 2 aliphatic rings. The van der Waals surface area contributed by atoms with E-state index in [2.05, 4.69) is 50.2 Å². The maximum atomic E-state index is 13.2. The van der Waals surface area contributed by atoms with Crippen molar-refractivity contribution in [3.63, 3.8) is 0 Å². The van der Waals surface area contributed by atoms with Gasteiger partial charge in [0, 0.05) is 12.5 Å². The van der Waals surface area contributed by atoms with Crippen molar-refractivity contribution in [3.05, 3.63) is 71.8 Å². The van der Waals surface area contributed by atoms with E-state index in [4.69, 9.17) is 24.4 Å². The van der Waals surface area contributed by atoms with E-state index in [9.17, 15) is 35.4 Å². The number of ether oxygens (including phenoxy) is 3. The Morgan fingerprint density at radius 3 is 1.77 bits per heavy atom. The van der Waals surface area contributed by atoms with Gasteiger partial charge in [0.25, 0.3) is 0 Å². The summed E-state index contributed by atoms with van der Waals surface area (Å²) in [5, 5.41) is 76.7. The smallest absolute Gasteiger partial charge is 0.224 e. The van der Waals surface area contributed by atoms with Gasteiger partial charge in [-0.1, -0.05) is 67.6 Å². The van der Waals surface area contributed by atoms with Crippen LogP contribution in [0.15, 0.2) is 60.7 Å². The van der Waals surface area contributed by atoms with Gasteiger partial charge >= 0.3 is 0 Å². The van der Waals surface area contributed by atoms with Crippen LogP contribution in [0.5, 0.6) is 0 Å². The zero-order chi connectivity index (χ0) is 34.2. The van der Waals surface area contributed by atoms with Gasteiger partial charge in [-0.2, -0.15) is 0 Å². The number of Topliss-reactive ketones (excluding diaryl/α,β-unsaturated/α-hetero) is 1. The van der Waals surface area contributed by atoms with Crippen molar-refractivity contribution < 1.29 is 59.9 Å². The molecule has 10 atom stereocenters. The standard InChI is InChI=1S/C21H27NO.C12H22O11.ClH/c1-5-20(23)21(16-17(2)22(3)4,18-12-8-6-9-13-18)19-14-10-7-11-15-19;13-1-4-6(16)8(18)9(19)11(21-4)23-12(3-15)10(20)7(17)5(2-14)22-12;/h6-15,17H,5,16H2,1-4H3;4-11,13-20H,1-3H2;1H/t;4-,5-,6-,7-,8+,9-,10+,11-,12+;/m.1./s1. The minimum atomic E-state index is -2.22. The lowest BCUT2D eigenvalue weighted by Crippen LogP contribution is -2.62. The number of aliphatic hydroxyl groups excluding tert-OH is 8. The summed E-state index contributed by atoms with van der Waals surface area (Å²) in [7, 11) is 4.14. The van der Waals surface area contributed by atoms with Crippen LogP contribution < -0.4 is 0 Å². The number of carbonyl (C=O) groups is 1. The first kappa shape index (κ1) is 41.1. The largest absolute Gasteiger partial charge is 0.394 e. The van der Waals surface area contributed by atoms with Crippen LogP contribution in [0.3, 0.4) is 0 Å². The molecule has 4 rings (SSSR count). The number of hydrogen-bond acceptors (Lipinski definition) is 13. The fourth-order valence-electron chi connectivity index (χ4n) is 5.84. The number of benzene rings is 2. The SMILES string of the molecule is CCC(=O)C(CC(C)N(C)C)(c1ccccc1)c1ccccc1.Cl.OC[C@H]1O[C@@](CO)(O[C@H]2O[C@H](CO)[C@@H](O)[C@H](O)[C@H]2O)[C@@H](O)[C@@H]1O. The molecule has 2 heterocycles. The Labute approximate surface area is 281 Å². The molecule has 1 unspecified atom stereocenters. The van der Waals surface area contributed by atoms with E-state index in [0.29, 0.717) is 12.5 Å². The summed E-state index contributed by atoms with van der Waals surface area (Å²) in [6.45, 7) is 1.82. The van der Waals surface area contributed by atoms with Crippen LogP contribution >= 0.6 is 12.4 Å². The maximum Gasteiger partial charge on any atom is 0.224 e. The minimum Gasteiger partial charge on any atom is -0.394 e. The van der Waals surface area contributed by atoms with Gasteiger partial charge in [0.05, 0.1) is 18.6 Å². The molecule has 0 aliphatic carbocycles. The molecular weight excluding hydrogens is 638 g/mol. The van der Waals surface area contributed by atoms with Crippen LogP contribution in [0, 0.1) is 0 Å². The highest BCUT2D eigenvalue weighted by molar-refractivity contribution is 5.93. The Bertz CT molecular complexity index is 1170. The molecule has 2 fully saturated rings. The van der Waals surface area contributed by atoms with E-state index in [1.165, 1.54) is 0 Å². The van der Waals surface area contributed by atoms with Gasteiger partial charge in [-0.15, -0.1) is 12.4 Å². The molecule has 14 heteroatoms. The second-order valence-electron chi connectivity index (χ2n) is 12.0. The van der Waals surface area contributed by atoms with E-state index in [0.717, 1.165) is 17.5 Å². The zero-order valence-electron chi connectivity index (χ0n) is 27.1. The van der Waals surface area contributed by atoms with Gasteiger partial charge in [0.15, 0.2) is 6.29 Å². The number of rotatable bonds is 12. The Balaban J connectivity index is 0.000000320. The molecule has 0 bridgehead atoms. The summed E-state index contributed by atoms with van der Waals surface area (Å²) in [5.41, 5.74) is 1.60. The molecule has 2 saturated heterocycles. The second-order valence-corrected chi connectivity index (χ2v) is 12.0. The average Bonchev–Trinajstić information content (AvgIpc) is 3.32. The third kappa shape index (κ3) is 8.75. The Morgan fingerprint density at radius 1 is 0.851 bits per heavy atom. The normalized spacial score (nSPS) is 31.4.